The normalized spacial score (nSPS) is 32.9. The Kier molecular flexibility index (Phi) is 7.48. The zero-order valence-electron chi connectivity index (χ0n) is 27.3. The van der Waals surface area contributed by atoms with Crippen LogP contribution in [0.25, 0.3) is 5.57 Å². The van der Waals surface area contributed by atoms with E-state index in [1.165, 1.54) is 58.6 Å². The molecule has 2 heteroatoms. The molecule has 6 atom stereocenters. The standard InChI is InChI=1S/C44H46N2/c1-43(26-11-5-12-27-43)38-30-39-41(31-40(38)45-36-24-22-34(23-25-36)32-15-6-3-7-16-32)46(42-21-10-13-28-44(39,42)2)37-20-14-19-35(29-37)33-17-8-4-9-18-33/h3-4,6-11,13-18,20-22,24,26,28-31,35,38,40,42,45H,5,12,19,23,25,27H2,1-2H3. The predicted molar refractivity (Wildman–Crippen MR) is 192 cm³/mol. The third-order valence-corrected chi connectivity index (χ3v) is 11.5. The molecule has 1 N–H and O–H groups in total. The summed E-state index contributed by atoms with van der Waals surface area (Å²) >= 11 is 0. The van der Waals surface area contributed by atoms with Crippen LogP contribution in [0.3, 0.4) is 0 Å². The van der Waals surface area contributed by atoms with E-state index >= 15 is 0 Å². The molecular weight excluding hydrogens is 556 g/mol. The van der Waals surface area contributed by atoms with Crippen LogP contribution in [0, 0.1) is 16.7 Å². The number of nitrogens with one attached hydrogen (secondary N) is 1. The van der Waals surface area contributed by atoms with Crippen molar-refractivity contribution >= 4 is 5.57 Å². The van der Waals surface area contributed by atoms with E-state index in [0.29, 0.717) is 11.8 Å². The van der Waals surface area contributed by atoms with Crippen molar-refractivity contribution in [3.63, 3.8) is 0 Å². The Hall–Kier alpha value is -4.30. The predicted octanol–water partition coefficient (Wildman–Crippen LogP) is 10.3. The van der Waals surface area contributed by atoms with Crippen LogP contribution in [0.5, 0.6) is 0 Å². The molecular formula is C44H46N2. The molecule has 0 bridgehead atoms. The van der Waals surface area contributed by atoms with Crippen LogP contribution in [0.15, 0.2) is 162 Å². The van der Waals surface area contributed by atoms with E-state index in [-0.39, 0.29) is 22.9 Å². The van der Waals surface area contributed by atoms with E-state index in [4.69, 9.17) is 0 Å². The Morgan fingerprint density at radius 1 is 0.826 bits per heavy atom. The second kappa shape index (κ2) is 11.8. The van der Waals surface area contributed by atoms with Gasteiger partial charge in [-0.2, -0.15) is 0 Å². The van der Waals surface area contributed by atoms with Gasteiger partial charge in [0.2, 0.25) is 0 Å². The van der Waals surface area contributed by atoms with E-state index < -0.39 is 0 Å². The van der Waals surface area contributed by atoms with Crippen molar-refractivity contribution in [1.82, 2.24) is 10.2 Å². The fourth-order valence-electron chi connectivity index (χ4n) is 8.84. The van der Waals surface area contributed by atoms with E-state index in [1.807, 2.05) is 0 Å². The number of hydrogen-bond donors (Lipinski definition) is 1. The van der Waals surface area contributed by atoms with Gasteiger partial charge in [0.1, 0.15) is 0 Å². The fourth-order valence-corrected chi connectivity index (χ4v) is 8.84. The van der Waals surface area contributed by atoms with Crippen LogP contribution in [0.2, 0.25) is 0 Å². The van der Waals surface area contributed by atoms with E-state index in [1.54, 1.807) is 0 Å². The molecule has 232 valence electrons. The van der Waals surface area contributed by atoms with Gasteiger partial charge < -0.3 is 10.2 Å². The number of hydrogen-bond acceptors (Lipinski definition) is 2. The van der Waals surface area contributed by atoms with Crippen LogP contribution >= 0.6 is 0 Å². The Balaban J connectivity index is 1.20. The molecule has 1 fully saturated rings. The molecule has 5 aliphatic carbocycles. The van der Waals surface area contributed by atoms with Crippen molar-refractivity contribution in [2.45, 2.75) is 70.4 Å². The third-order valence-electron chi connectivity index (χ3n) is 11.5. The van der Waals surface area contributed by atoms with Crippen LogP contribution in [-0.4, -0.2) is 17.0 Å². The topological polar surface area (TPSA) is 15.3 Å². The minimum absolute atomic E-state index is 0.0790. The molecule has 6 unspecified atom stereocenters. The fraction of sp³-hybridized carbons (Fsp3) is 0.318. The minimum Gasteiger partial charge on any atom is -0.381 e. The molecule has 0 aromatic heterocycles. The molecule has 2 nitrogen and oxygen atoms in total. The van der Waals surface area contributed by atoms with Crippen molar-refractivity contribution in [2.75, 3.05) is 0 Å². The van der Waals surface area contributed by atoms with Gasteiger partial charge in [0.05, 0.1) is 12.1 Å². The van der Waals surface area contributed by atoms with Gasteiger partial charge in [-0.3, -0.25) is 0 Å². The van der Waals surface area contributed by atoms with E-state index in [2.05, 4.69) is 164 Å². The average molecular weight is 603 g/mol. The summed E-state index contributed by atoms with van der Waals surface area (Å²) in [6.45, 7) is 4.96. The van der Waals surface area contributed by atoms with Crippen molar-refractivity contribution in [3.8, 4) is 0 Å². The lowest BCUT2D eigenvalue weighted by atomic mass is 9.64. The number of benzene rings is 2. The van der Waals surface area contributed by atoms with Gasteiger partial charge in [-0.05, 0) is 91.4 Å². The zero-order valence-corrected chi connectivity index (χ0v) is 27.3. The monoisotopic (exact) mass is 602 g/mol. The molecule has 46 heavy (non-hydrogen) atoms. The summed E-state index contributed by atoms with van der Waals surface area (Å²) in [6, 6.07) is 22.3. The van der Waals surface area contributed by atoms with Gasteiger partial charge in [-0.1, -0.05) is 128 Å². The van der Waals surface area contributed by atoms with Gasteiger partial charge in [0, 0.05) is 34.3 Å². The molecule has 1 aliphatic heterocycles. The molecule has 0 spiro atoms. The Bertz CT molecular complexity index is 1760. The number of nitrogens with zero attached hydrogens (tertiary/aromatic N) is 1. The van der Waals surface area contributed by atoms with E-state index in [0.717, 1.165) is 19.3 Å². The first-order valence-corrected chi connectivity index (χ1v) is 17.4. The molecule has 0 amide bonds. The first kappa shape index (κ1) is 29.1. The first-order chi connectivity index (χ1) is 22.5. The van der Waals surface area contributed by atoms with Crippen molar-refractivity contribution in [3.05, 3.63) is 173 Å². The lowest BCUT2D eigenvalue weighted by Crippen LogP contribution is -2.44. The lowest BCUT2D eigenvalue weighted by Gasteiger charge is -2.43. The first-order valence-electron chi connectivity index (χ1n) is 17.4. The highest BCUT2D eigenvalue weighted by Gasteiger charge is 2.52. The SMILES string of the molecule is CC1(C2C=C3C(=CC2NC2=CC=C(c4ccccc4)CC2)N(C2=CC(c4ccccc4)CC=C2)C2C=CC=CC32C)C=CCCC1. The lowest BCUT2D eigenvalue weighted by molar-refractivity contribution is 0.232. The molecule has 2 aromatic carbocycles. The quantitative estimate of drug-likeness (QED) is 0.331. The summed E-state index contributed by atoms with van der Waals surface area (Å²) in [5, 5.41) is 4.13. The average Bonchev–Trinajstić information content (AvgIpc) is 3.37. The molecule has 6 aliphatic rings. The maximum Gasteiger partial charge on any atom is 0.0654 e. The summed E-state index contributed by atoms with van der Waals surface area (Å²) in [5.74, 6) is 0.756. The zero-order chi connectivity index (χ0) is 31.1. The second-order valence-corrected chi connectivity index (χ2v) is 14.5. The summed E-state index contributed by atoms with van der Waals surface area (Å²) in [4.78, 5) is 2.66. The highest BCUT2D eigenvalue weighted by molar-refractivity contribution is 5.68. The largest absolute Gasteiger partial charge is 0.381 e. The number of fused-ring (bicyclic) bond motifs is 3. The number of rotatable bonds is 6. The van der Waals surface area contributed by atoms with Crippen molar-refractivity contribution in [2.24, 2.45) is 16.7 Å². The molecule has 1 heterocycles. The Morgan fingerprint density at radius 3 is 2.41 bits per heavy atom. The minimum atomic E-state index is -0.0790. The number of allylic oxidation sites excluding steroid dienone is 12. The van der Waals surface area contributed by atoms with Crippen LogP contribution in [-0.2, 0) is 0 Å². The van der Waals surface area contributed by atoms with Gasteiger partial charge in [-0.25, -0.2) is 0 Å². The van der Waals surface area contributed by atoms with Crippen LogP contribution in [0.4, 0.5) is 0 Å². The highest BCUT2D eigenvalue weighted by atomic mass is 15.2. The van der Waals surface area contributed by atoms with Crippen LogP contribution in [0.1, 0.15) is 69.4 Å². The molecule has 0 radical (unpaired) electrons. The van der Waals surface area contributed by atoms with Crippen molar-refractivity contribution in [1.29, 1.82) is 0 Å². The molecule has 8 rings (SSSR count). The molecule has 1 saturated heterocycles. The van der Waals surface area contributed by atoms with Crippen LogP contribution < -0.4 is 5.32 Å². The van der Waals surface area contributed by atoms with Gasteiger partial charge in [-0.15, -0.1) is 0 Å². The number of likely N-dealkylation sites (tertiary alicyclic amines) is 1. The Labute approximate surface area is 275 Å². The summed E-state index contributed by atoms with van der Waals surface area (Å²) in [6.07, 6.45) is 38.5. The molecule has 0 saturated carbocycles. The van der Waals surface area contributed by atoms with Gasteiger partial charge in [0.25, 0.3) is 0 Å². The summed E-state index contributed by atoms with van der Waals surface area (Å²) in [5.41, 5.74) is 9.72. The molecule has 2 aromatic rings. The van der Waals surface area contributed by atoms with Gasteiger partial charge >= 0.3 is 0 Å². The Morgan fingerprint density at radius 2 is 1.65 bits per heavy atom. The second-order valence-electron chi connectivity index (χ2n) is 14.5. The maximum absolute atomic E-state index is 4.13. The maximum atomic E-state index is 4.13. The summed E-state index contributed by atoms with van der Waals surface area (Å²) in [7, 11) is 0. The van der Waals surface area contributed by atoms with E-state index in [9.17, 15) is 0 Å². The van der Waals surface area contributed by atoms with Gasteiger partial charge in [0.15, 0.2) is 0 Å². The highest BCUT2D eigenvalue weighted by Crippen LogP contribution is 2.56. The smallest absolute Gasteiger partial charge is 0.0654 e. The third kappa shape index (κ3) is 5.13. The van der Waals surface area contributed by atoms with Crippen molar-refractivity contribution < 1.29 is 0 Å². The summed E-state index contributed by atoms with van der Waals surface area (Å²) < 4.78 is 0.